The largest absolute Gasteiger partial charge is 0.490 e. The zero-order valence-corrected chi connectivity index (χ0v) is 11.6. The Kier molecular flexibility index (Phi) is 5.40. The molecule has 1 N–H and O–H groups in total. The molecule has 0 bridgehead atoms. The van der Waals surface area contributed by atoms with Gasteiger partial charge in [0.1, 0.15) is 24.3 Å². The third-order valence-corrected chi connectivity index (χ3v) is 3.40. The van der Waals surface area contributed by atoms with E-state index in [2.05, 4.69) is 11.8 Å². The van der Waals surface area contributed by atoms with Gasteiger partial charge >= 0.3 is 0 Å². The minimum Gasteiger partial charge on any atom is -0.490 e. The van der Waals surface area contributed by atoms with Crippen LogP contribution in [0.5, 0.6) is 5.75 Å². The van der Waals surface area contributed by atoms with Crippen molar-refractivity contribution in [2.45, 2.75) is 37.9 Å². The maximum Gasteiger partial charge on any atom is 0.128 e. The summed E-state index contributed by atoms with van der Waals surface area (Å²) < 4.78 is 24.7. The van der Waals surface area contributed by atoms with Crippen LogP contribution >= 0.6 is 0 Å². The second-order valence-corrected chi connectivity index (χ2v) is 4.90. The number of halogens is 1. The molecule has 3 nitrogen and oxygen atoms in total. The summed E-state index contributed by atoms with van der Waals surface area (Å²) in [5.41, 5.74) is 0.508. The van der Waals surface area contributed by atoms with Gasteiger partial charge in [0.15, 0.2) is 0 Å². The molecule has 0 saturated heterocycles. The van der Waals surface area contributed by atoms with E-state index in [1.54, 1.807) is 13.2 Å². The van der Waals surface area contributed by atoms with Crippen LogP contribution in [0.3, 0.4) is 0 Å². The van der Waals surface area contributed by atoms with E-state index in [0.29, 0.717) is 11.3 Å². The molecule has 0 aliphatic heterocycles. The fraction of sp³-hybridized carbons (Fsp3) is 0.500. The Morgan fingerprint density at radius 2 is 2.10 bits per heavy atom. The molecule has 1 fully saturated rings. The summed E-state index contributed by atoms with van der Waals surface area (Å²) in [5, 5.41) is 8.67. The van der Waals surface area contributed by atoms with Crippen LogP contribution in [0, 0.1) is 17.7 Å². The van der Waals surface area contributed by atoms with Gasteiger partial charge in [-0.05, 0) is 31.4 Å². The second-order valence-electron chi connectivity index (χ2n) is 4.90. The van der Waals surface area contributed by atoms with Gasteiger partial charge in [0.2, 0.25) is 0 Å². The molecule has 0 spiro atoms. The predicted octanol–water partition coefficient (Wildman–Crippen LogP) is 2.51. The Morgan fingerprint density at radius 1 is 1.30 bits per heavy atom. The summed E-state index contributed by atoms with van der Waals surface area (Å²) in [7, 11) is 1.71. The van der Waals surface area contributed by atoms with Crippen molar-refractivity contribution in [1.29, 1.82) is 0 Å². The van der Waals surface area contributed by atoms with Gasteiger partial charge in [-0.2, -0.15) is 0 Å². The first kappa shape index (κ1) is 14.8. The van der Waals surface area contributed by atoms with Crippen LogP contribution in [-0.2, 0) is 4.74 Å². The zero-order chi connectivity index (χ0) is 14.4. The van der Waals surface area contributed by atoms with Crippen molar-refractivity contribution in [2.24, 2.45) is 0 Å². The Morgan fingerprint density at radius 3 is 2.85 bits per heavy atom. The van der Waals surface area contributed by atoms with E-state index in [1.165, 1.54) is 12.1 Å². The van der Waals surface area contributed by atoms with Crippen LogP contribution in [0.4, 0.5) is 4.39 Å². The predicted molar refractivity (Wildman–Crippen MR) is 74.0 cm³/mol. The lowest BCUT2D eigenvalue weighted by Crippen LogP contribution is -2.29. The molecule has 1 saturated carbocycles. The number of rotatable bonds is 3. The van der Waals surface area contributed by atoms with Gasteiger partial charge in [-0.3, -0.25) is 0 Å². The maximum atomic E-state index is 13.5. The average molecular weight is 278 g/mol. The lowest BCUT2D eigenvalue weighted by Gasteiger charge is -2.28. The number of benzene rings is 1. The van der Waals surface area contributed by atoms with Gasteiger partial charge < -0.3 is 14.6 Å². The molecule has 1 aliphatic rings. The van der Waals surface area contributed by atoms with Crippen molar-refractivity contribution in [3.05, 3.63) is 29.6 Å². The van der Waals surface area contributed by atoms with Crippen LogP contribution in [-0.4, -0.2) is 31.0 Å². The fourth-order valence-corrected chi connectivity index (χ4v) is 2.46. The third-order valence-electron chi connectivity index (χ3n) is 3.40. The van der Waals surface area contributed by atoms with Gasteiger partial charge in [-0.15, -0.1) is 0 Å². The monoisotopic (exact) mass is 278 g/mol. The highest BCUT2D eigenvalue weighted by atomic mass is 19.1. The second kappa shape index (κ2) is 7.28. The first-order valence-corrected chi connectivity index (χ1v) is 6.81. The Hall–Kier alpha value is -1.57. The molecule has 1 aliphatic carbocycles. The smallest absolute Gasteiger partial charge is 0.128 e. The summed E-state index contributed by atoms with van der Waals surface area (Å²) in [6.07, 6.45) is 4.14. The normalized spacial score (nSPS) is 21.9. The lowest BCUT2D eigenvalue weighted by atomic mass is 9.95. The number of methoxy groups -OCH3 is 1. The van der Waals surface area contributed by atoms with Gasteiger partial charge in [0.05, 0.1) is 6.10 Å². The molecule has 1 aromatic rings. The van der Waals surface area contributed by atoms with Crippen LogP contribution in [0.2, 0.25) is 0 Å². The van der Waals surface area contributed by atoms with Crippen molar-refractivity contribution >= 4 is 0 Å². The van der Waals surface area contributed by atoms with E-state index < -0.39 is 0 Å². The average Bonchev–Trinajstić information content (AvgIpc) is 2.44. The molecule has 2 unspecified atom stereocenters. The summed E-state index contributed by atoms with van der Waals surface area (Å²) in [6, 6.07) is 4.39. The molecule has 0 amide bonds. The number of ether oxygens (including phenoxy) is 2. The lowest BCUT2D eigenvalue weighted by molar-refractivity contribution is 0.0209. The Balaban J connectivity index is 2.06. The Bertz CT molecular complexity index is 504. The number of aliphatic hydroxyl groups is 1. The van der Waals surface area contributed by atoms with Gasteiger partial charge in [-0.25, -0.2) is 4.39 Å². The van der Waals surface area contributed by atoms with E-state index in [-0.39, 0.29) is 24.6 Å². The van der Waals surface area contributed by atoms with E-state index in [9.17, 15) is 4.39 Å². The first-order valence-electron chi connectivity index (χ1n) is 6.81. The van der Waals surface area contributed by atoms with Crippen molar-refractivity contribution in [3.8, 4) is 17.6 Å². The number of hydrogen-bond donors (Lipinski definition) is 1. The molecule has 4 heteroatoms. The van der Waals surface area contributed by atoms with Gasteiger partial charge in [0, 0.05) is 25.2 Å². The molecule has 0 heterocycles. The third kappa shape index (κ3) is 4.22. The highest BCUT2D eigenvalue weighted by Gasteiger charge is 2.23. The molecule has 108 valence electrons. The standard InChI is InChI=1S/C16H19FO3/c1-19-14-5-2-6-15(11-14)20-16-9-12(4-3-7-18)8-13(17)10-16/h8-10,14-15,18H,2,5-7,11H2,1H3. The quantitative estimate of drug-likeness (QED) is 0.863. The molecule has 2 atom stereocenters. The van der Waals surface area contributed by atoms with E-state index >= 15 is 0 Å². The summed E-state index contributed by atoms with van der Waals surface area (Å²) in [5.74, 6) is 5.29. The SMILES string of the molecule is COC1CCCC(Oc2cc(F)cc(C#CCO)c2)C1. The van der Waals surface area contributed by atoms with Gasteiger partial charge in [0.25, 0.3) is 0 Å². The van der Waals surface area contributed by atoms with Crippen molar-refractivity contribution in [1.82, 2.24) is 0 Å². The van der Waals surface area contributed by atoms with E-state index in [4.69, 9.17) is 14.6 Å². The molecule has 0 radical (unpaired) electrons. The topological polar surface area (TPSA) is 38.7 Å². The van der Waals surface area contributed by atoms with E-state index in [0.717, 1.165) is 25.7 Å². The van der Waals surface area contributed by atoms with Crippen LogP contribution in [0.15, 0.2) is 18.2 Å². The molecule has 2 rings (SSSR count). The van der Waals surface area contributed by atoms with Crippen LogP contribution < -0.4 is 4.74 Å². The van der Waals surface area contributed by atoms with Crippen LogP contribution in [0.1, 0.15) is 31.2 Å². The van der Waals surface area contributed by atoms with Crippen molar-refractivity contribution < 1.29 is 19.0 Å². The fourth-order valence-electron chi connectivity index (χ4n) is 2.46. The molecule has 1 aromatic carbocycles. The highest BCUT2D eigenvalue weighted by molar-refractivity contribution is 5.40. The molecule has 0 aromatic heterocycles. The molecular formula is C16H19FO3. The summed E-state index contributed by atoms with van der Waals surface area (Å²) in [6.45, 7) is -0.245. The zero-order valence-electron chi connectivity index (χ0n) is 11.6. The summed E-state index contributed by atoms with van der Waals surface area (Å²) >= 11 is 0. The molecule has 20 heavy (non-hydrogen) atoms. The number of aliphatic hydroxyl groups excluding tert-OH is 1. The first-order chi connectivity index (χ1) is 9.71. The maximum absolute atomic E-state index is 13.5. The minimum atomic E-state index is -0.385. The number of hydrogen-bond acceptors (Lipinski definition) is 3. The molecular weight excluding hydrogens is 259 g/mol. The van der Waals surface area contributed by atoms with Gasteiger partial charge in [-0.1, -0.05) is 11.8 Å². The minimum absolute atomic E-state index is 0.0501. The highest BCUT2D eigenvalue weighted by Crippen LogP contribution is 2.26. The van der Waals surface area contributed by atoms with Crippen molar-refractivity contribution in [2.75, 3.05) is 13.7 Å². The van der Waals surface area contributed by atoms with E-state index in [1.807, 2.05) is 0 Å². The van der Waals surface area contributed by atoms with Crippen LogP contribution in [0.25, 0.3) is 0 Å². The van der Waals surface area contributed by atoms with Crippen molar-refractivity contribution in [3.63, 3.8) is 0 Å². The Labute approximate surface area is 118 Å². The summed E-state index contributed by atoms with van der Waals surface area (Å²) in [4.78, 5) is 0.